The zero-order valence-corrected chi connectivity index (χ0v) is 19.2. The van der Waals surface area contributed by atoms with Crippen molar-refractivity contribution in [2.45, 2.75) is 27.7 Å². The average Bonchev–Trinajstić information content (AvgIpc) is 3.32. The average molecular weight is 437 g/mol. The Kier molecular flexibility index (Phi) is 5.41. The number of methoxy groups -OCH3 is 2. The fourth-order valence-corrected chi connectivity index (χ4v) is 4.67. The van der Waals surface area contributed by atoms with Crippen LogP contribution in [0.15, 0.2) is 30.3 Å². The van der Waals surface area contributed by atoms with Crippen LogP contribution in [0.5, 0.6) is 11.5 Å². The van der Waals surface area contributed by atoms with Crippen LogP contribution in [0.1, 0.15) is 32.9 Å². The number of aromatic nitrogens is 3. The van der Waals surface area contributed by atoms with E-state index in [0.29, 0.717) is 17.1 Å². The van der Waals surface area contributed by atoms with Gasteiger partial charge in [0.05, 0.1) is 30.1 Å². The van der Waals surface area contributed by atoms with Gasteiger partial charge in [-0.05, 0) is 63.1 Å². The molecule has 2 heterocycles. The van der Waals surface area contributed by atoms with Crippen molar-refractivity contribution in [3.8, 4) is 16.6 Å². The number of amides is 1. The van der Waals surface area contributed by atoms with E-state index in [2.05, 4.69) is 10.4 Å². The number of fused-ring (bicyclic) bond motifs is 1. The first-order valence-corrected chi connectivity index (χ1v) is 10.6. The molecule has 0 saturated carbocycles. The molecule has 0 saturated heterocycles. The molecule has 1 N–H and O–H groups in total. The molecule has 31 heavy (non-hydrogen) atoms. The third-order valence-corrected chi connectivity index (χ3v) is 6.31. The number of hydrogen-bond acceptors (Lipinski definition) is 6. The van der Waals surface area contributed by atoms with Gasteiger partial charge >= 0.3 is 0 Å². The van der Waals surface area contributed by atoms with E-state index in [0.717, 1.165) is 43.6 Å². The zero-order chi connectivity index (χ0) is 22.3. The maximum absolute atomic E-state index is 13.0. The summed E-state index contributed by atoms with van der Waals surface area (Å²) in [5.41, 5.74) is 6.04. The molecule has 0 aliphatic heterocycles. The van der Waals surface area contributed by atoms with Gasteiger partial charge in [-0.2, -0.15) is 5.10 Å². The van der Waals surface area contributed by atoms with Crippen molar-refractivity contribution in [3.05, 3.63) is 58.4 Å². The molecule has 8 heteroatoms. The predicted octanol–water partition coefficient (Wildman–Crippen LogP) is 4.99. The summed E-state index contributed by atoms with van der Waals surface area (Å²) in [6.07, 6.45) is 0. The van der Waals surface area contributed by atoms with Crippen LogP contribution >= 0.6 is 11.3 Å². The lowest BCUT2D eigenvalue weighted by Gasteiger charge is -2.13. The fraction of sp³-hybridized carbons (Fsp3) is 0.261. The summed E-state index contributed by atoms with van der Waals surface area (Å²) in [7, 11) is 3.12. The molecule has 0 aliphatic carbocycles. The van der Waals surface area contributed by atoms with E-state index >= 15 is 0 Å². The summed E-state index contributed by atoms with van der Waals surface area (Å²) in [5.74, 6) is 0.891. The van der Waals surface area contributed by atoms with Crippen molar-refractivity contribution in [1.29, 1.82) is 0 Å². The Hall–Kier alpha value is -3.39. The lowest BCUT2D eigenvalue weighted by Crippen LogP contribution is -2.14. The van der Waals surface area contributed by atoms with Crippen LogP contribution in [0.4, 0.5) is 5.69 Å². The van der Waals surface area contributed by atoms with Gasteiger partial charge in [0.25, 0.3) is 5.91 Å². The minimum Gasteiger partial charge on any atom is -0.497 e. The Morgan fingerprint density at radius 1 is 1.00 bits per heavy atom. The fourth-order valence-electron chi connectivity index (χ4n) is 3.60. The number of carbonyl (C=O) groups is 1. The Morgan fingerprint density at radius 3 is 2.26 bits per heavy atom. The molecular formula is C23H24N4O3S. The number of aryl methyl sites for hydroxylation is 4. The number of ether oxygens (including phenoxy) is 2. The van der Waals surface area contributed by atoms with E-state index in [1.165, 1.54) is 0 Å². The number of hydrogen-bond donors (Lipinski definition) is 1. The second kappa shape index (κ2) is 8.03. The van der Waals surface area contributed by atoms with Crippen LogP contribution in [0.25, 0.3) is 15.3 Å². The summed E-state index contributed by atoms with van der Waals surface area (Å²) in [6, 6.07) is 9.13. The Bertz CT molecular complexity index is 1280. The number of benzene rings is 2. The van der Waals surface area contributed by atoms with Crippen LogP contribution < -0.4 is 14.8 Å². The van der Waals surface area contributed by atoms with Gasteiger partial charge in [0, 0.05) is 23.0 Å². The minimum atomic E-state index is -0.231. The largest absolute Gasteiger partial charge is 0.497 e. The van der Waals surface area contributed by atoms with Crippen LogP contribution in [0.2, 0.25) is 0 Å². The monoisotopic (exact) mass is 436 g/mol. The number of carbonyl (C=O) groups excluding carboxylic acids is 1. The second-order valence-electron chi connectivity index (χ2n) is 7.43. The standard InChI is InChI=1S/C23H24N4O3S/c1-12-7-19-21(31-23(24-19)27-14(3)8-13(2)26-27)15(4)20(12)25-22(28)16-9-17(29-5)11-18(10-16)30-6/h7-11H,1-6H3,(H,25,28). The molecule has 2 aromatic carbocycles. The number of nitrogens with one attached hydrogen (secondary N) is 1. The van der Waals surface area contributed by atoms with E-state index in [4.69, 9.17) is 14.5 Å². The maximum atomic E-state index is 13.0. The van der Waals surface area contributed by atoms with Gasteiger partial charge in [-0.15, -0.1) is 0 Å². The van der Waals surface area contributed by atoms with E-state index in [1.54, 1.807) is 43.8 Å². The van der Waals surface area contributed by atoms with E-state index in [-0.39, 0.29) is 5.91 Å². The molecule has 2 aromatic heterocycles. The normalized spacial score (nSPS) is 11.0. The molecular weight excluding hydrogens is 412 g/mol. The molecule has 0 fully saturated rings. The first-order chi connectivity index (χ1) is 14.8. The lowest BCUT2D eigenvalue weighted by molar-refractivity contribution is 0.102. The number of thiazole rings is 1. The number of anilines is 1. The molecule has 0 atom stereocenters. The van der Waals surface area contributed by atoms with E-state index < -0.39 is 0 Å². The van der Waals surface area contributed by atoms with Gasteiger partial charge in [-0.1, -0.05) is 11.3 Å². The molecule has 0 bridgehead atoms. The summed E-state index contributed by atoms with van der Waals surface area (Å²) >= 11 is 1.56. The molecule has 4 rings (SSSR count). The highest BCUT2D eigenvalue weighted by molar-refractivity contribution is 7.21. The summed E-state index contributed by atoms with van der Waals surface area (Å²) in [6.45, 7) is 7.95. The second-order valence-corrected chi connectivity index (χ2v) is 8.41. The smallest absolute Gasteiger partial charge is 0.255 e. The zero-order valence-electron chi connectivity index (χ0n) is 18.4. The van der Waals surface area contributed by atoms with E-state index in [9.17, 15) is 4.79 Å². The van der Waals surface area contributed by atoms with Crippen molar-refractivity contribution in [2.75, 3.05) is 19.5 Å². The molecule has 4 aromatic rings. The molecule has 0 unspecified atom stereocenters. The summed E-state index contributed by atoms with van der Waals surface area (Å²) in [5, 5.41) is 8.41. The van der Waals surface area contributed by atoms with Crippen molar-refractivity contribution >= 4 is 33.1 Å². The van der Waals surface area contributed by atoms with Crippen LogP contribution in [0.3, 0.4) is 0 Å². The van der Waals surface area contributed by atoms with Crippen LogP contribution in [-0.4, -0.2) is 34.9 Å². The third kappa shape index (κ3) is 3.86. The SMILES string of the molecule is COc1cc(OC)cc(C(=O)Nc2c(C)cc3nc(-n4nc(C)cc4C)sc3c2C)c1. The highest BCUT2D eigenvalue weighted by Crippen LogP contribution is 2.35. The molecule has 0 aliphatic rings. The predicted molar refractivity (Wildman–Crippen MR) is 123 cm³/mol. The van der Waals surface area contributed by atoms with Gasteiger partial charge < -0.3 is 14.8 Å². The van der Waals surface area contributed by atoms with Gasteiger partial charge in [-0.25, -0.2) is 9.67 Å². The Balaban J connectivity index is 1.73. The van der Waals surface area contributed by atoms with Crippen molar-refractivity contribution in [1.82, 2.24) is 14.8 Å². The number of rotatable bonds is 5. The molecule has 0 spiro atoms. The van der Waals surface area contributed by atoms with Crippen molar-refractivity contribution < 1.29 is 14.3 Å². The maximum Gasteiger partial charge on any atom is 0.255 e. The first kappa shape index (κ1) is 20.9. The van der Waals surface area contributed by atoms with Gasteiger partial charge in [0.2, 0.25) is 5.13 Å². The van der Waals surface area contributed by atoms with Crippen molar-refractivity contribution in [3.63, 3.8) is 0 Å². The lowest BCUT2D eigenvalue weighted by atomic mass is 10.1. The highest BCUT2D eigenvalue weighted by Gasteiger charge is 2.18. The highest BCUT2D eigenvalue weighted by atomic mass is 32.1. The van der Waals surface area contributed by atoms with Gasteiger partial charge in [0.1, 0.15) is 11.5 Å². The summed E-state index contributed by atoms with van der Waals surface area (Å²) < 4.78 is 13.4. The molecule has 1 amide bonds. The molecule has 160 valence electrons. The Morgan fingerprint density at radius 2 is 1.68 bits per heavy atom. The first-order valence-electron chi connectivity index (χ1n) is 9.79. The minimum absolute atomic E-state index is 0.231. The molecule has 0 radical (unpaired) electrons. The van der Waals surface area contributed by atoms with Gasteiger partial charge in [0.15, 0.2) is 0 Å². The van der Waals surface area contributed by atoms with E-state index in [1.807, 2.05) is 44.5 Å². The number of nitrogens with zero attached hydrogens (tertiary/aromatic N) is 3. The molecule has 7 nitrogen and oxygen atoms in total. The third-order valence-electron chi connectivity index (χ3n) is 5.15. The van der Waals surface area contributed by atoms with Crippen LogP contribution in [0, 0.1) is 27.7 Å². The Labute approximate surface area is 184 Å². The summed E-state index contributed by atoms with van der Waals surface area (Å²) in [4.78, 5) is 17.8. The quantitative estimate of drug-likeness (QED) is 0.477. The van der Waals surface area contributed by atoms with Crippen molar-refractivity contribution in [2.24, 2.45) is 0 Å². The van der Waals surface area contributed by atoms with Gasteiger partial charge in [-0.3, -0.25) is 4.79 Å². The topological polar surface area (TPSA) is 78.3 Å². The van der Waals surface area contributed by atoms with Crippen LogP contribution in [-0.2, 0) is 0 Å².